The van der Waals surface area contributed by atoms with E-state index in [1.807, 2.05) is 0 Å². The first-order chi connectivity index (χ1) is 8.97. The third-order valence-electron chi connectivity index (χ3n) is 2.49. The number of para-hydroxylation sites is 1. The zero-order valence-corrected chi connectivity index (χ0v) is 9.75. The fourth-order valence-corrected chi connectivity index (χ4v) is 1.56. The fourth-order valence-electron chi connectivity index (χ4n) is 1.56. The van der Waals surface area contributed by atoms with Crippen LogP contribution >= 0.6 is 0 Å². The Bertz CT molecular complexity index is 563. The van der Waals surface area contributed by atoms with E-state index >= 15 is 0 Å². The quantitative estimate of drug-likeness (QED) is 0.750. The molecule has 0 bridgehead atoms. The minimum atomic E-state index is -4.39. The van der Waals surface area contributed by atoms with Crippen LogP contribution in [0.15, 0.2) is 48.5 Å². The van der Waals surface area contributed by atoms with Gasteiger partial charge in [0.05, 0.1) is 5.56 Å². The molecule has 100 valence electrons. The maximum absolute atomic E-state index is 13.3. The van der Waals surface area contributed by atoms with Crippen molar-refractivity contribution < 1.29 is 22.3 Å². The van der Waals surface area contributed by atoms with Crippen molar-refractivity contribution in [1.82, 2.24) is 0 Å². The van der Waals surface area contributed by atoms with Crippen molar-refractivity contribution in [2.75, 3.05) is 0 Å². The average Bonchev–Trinajstić information content (AvgIpc) is 2.37. The summed E-state index contributed by atoms with van der Waals surface area (Å²) in [6.45, 7) is -0.120. The van der Waals surface area contributed by atoms with Gasteiger partial charge in [-0.05, 0) is 29.8 Å². The normalized spacial score (nSPS) is 11.4. The van der Waals surface area contributed by atoms with Gasteiger partial charge < -0.3 is 4.74 Å². The van der Waals surface area contributed by atoms with Crippen LogP contribution in [0.2, 0.25) is 0 Å². The van der Waals surface area contributed by atoms with Gasteiger partial charge in [0.2, 0.25) is 0 Å². The van der Waals surface area contributed by atoms with Gasteiger partial charge in [0.15, 0.2) is 11.6 Å². The third kappa shape index (κ3) is 3.47. The topological polar surface area (TPSA) is 9.23 Å². The predicted octanol–water partition coefficient (Wildman–Crippen LogP) is 4.42. The second kappa shape index (κ2) is 5.30. The number of hydrogen-bond acceptors (Lipinski definition) is 1. The van der Waals surface area contributed by atoms with Gasteiger partial charge in [0, 0.05) is 0 Å². The molecule has 0 N–H and O–H groups in total. The first-order valence-electron chi connectivity index (χ1n) is 5.50. The van der Waals surface area contributed by atoms with Gasteiger partial charge in [-0.1, -0.05) is 24.3 Å². The highest BCUT2D eigenvalue weighted by Crippen LogP contribution is 2.29. The lowest BCUT2D eigenvalue weighted by Gasteiger charge is -2.10. The summed E-state index contributed by atoms with van der Waals surface area (Å²) in [5, 5.41) is 0. The molecule has 0 unspecified atom stereocenters. The van der Waals surface area contributed by atoms with Crippen molar-refractivity contribution in [3.63, 3.8) is 0 Å². The van der Waals surface area contributed by atoms with Crippen molar-refractivity contribution in [1.29, 1.82) is 0 Å². The van der Waals surface area contributed by atoms with Crippen LogP contribution in [0.3, 0.4) is 0 Å². The van der Waals surface area contributed by atoms with E-state index in [9.17, 15) is 17.6 Å². The minimum Gasteiger partial charge on any atom is -0.486 e. The molecule has 0 aliphatic carbocycles. The van der Waals surface area contributed by atoms with E-state index in [0.717, 1.165) is 12.1 Å². The third-order valence-corrected chi connectivity index (χ3v) is 2.49. The predicted molar refractivity (Wildman–Crippen MR) is 62.2 cm³/mol. The highest BCUT2D eigenvalue weighted by Gasteiger charge is 2.30. The largest absolute Gasteiger partial charge is 0.486 e. The first kappa shape index (κ1) is 13.4. The fraction of sp³-hybridized carbons (Fsp3) is 0.143. The van der Waals surface area contributed by atoms with Gasteiger partial charge in [-0.2, -0.15) is 13.2 Å². The van der Waals surface area contributed by atoms with Gasteiger partial charge >= 0.3 is 6.18 Å². The Kier molecular flexibility index (Phi) is 3.74. The zero-order valence-electron chi connectivity index (χ0n) is 9.75. The molecule has 0 aliphatic heterocycles. The van der Waals surface area contributed by atoms with Crippen LogP contribution in [0, 0.1) is 5.82 Å². The molecule has 0 aromatic heterocycles. The van der Waals surface area contributed by atoms with E-state index in [0.29, 0.717) is 5.56 Å². The van der Waals surface area contributed by atoms with Crippen LogP contribution in [0.1, 0.15) is 11.1 Å². The highest BCUT2D eigenvalue weighted by molar-refractivity contribution is 5.27. The molecule has 5 heteroatoms. The second-order valence-electron chi connectivity index (χ2n) is 3.92. The Labute approximate surface area is 107 Å². The summed E-state index contributed by atoms with van der Waals surface area (Å²) in [5.74, 6) is -0.533. The van der Waals surface area contributed by atoms with Crippen LogP contribution in [-0.2, 0) is 12.8 Å². The molecule has 1 nitrogen and oxygen atoms in total. The molecule has 0 saturated heterocycles. The number of alkyl halides is 3. The summed E-state index contributed by atoms with van der Waals surface area (Å²) in [5.41, 5.74) is -0.416. The minimum absolute atomic E-state index is 0.0138. The lowest BCUT2D eigenvalue weighted by Crippen LogP contribution is -2.06. The number of ether oxygens (including phenoxy) is 1. The Hall–Kier alpha value is -2.04. The molecule has 19 heavy (non-hydrogen) atoms. The smallest absolute Gasteiger partial charge is 0.416 e. The summed E-state index contributed by atoms with van der Waals surface area (Å²) in [6, 6.07) is 10.5. The molecule has 0 heterocycles. The van der Waals surface area contributed by atoms with E-state index in [2.05, 4.69) is 0 Å². The van der Waals surface area contributed by atoms with Crippen molar-refractivity contribution >= 4 is 0 Å². The molecule has 0 atom stereocenters. The number of hydrogen-bond donors (Lipinski definition) is 0. The second-order valence-corrected chi connectivity index (χ2v) is 3.92. The zero-order chi connectivity index (χ0) is 13.9. The van der Waals surface area contributed by atoms with Crippen LogP contribution in [0.5, 0.6) is 5.75 Å². The molecule has 0 radical (unpaired) electrons. The molecular formula is C14H10F4O. The van der Waals surface area contributed by atoms with Gasteiger partial charge in [0.1, 0.15) is 6.61 Å². The lowest BCUT2D eigenvalue weighted by molar-refractivity contribution is -0.137. The van der Waals surface area contributed by atoms with Crippen molar-refractivity contribution in [2.45, 2.75) is 12.8 Å². The Morgan fingerprint density at radius 1 is 0.947 bits per heavy atom. The first-order valence-corrected chi connectivity index (χ1v) is 5.50. The molecular weight excluding hydrogens is 260 g/mol. The average molecular weight is 270 g/mol. The van der Waals surface area contributed by atoms with Crippen molar-refractivity contribution in [3.05, 3.63) is 65.5 Å². The SMILES string of the molecule is Fc1ccccc1OCc1cccc(C(F)(F)F)c1. The molecule has 2 aromatic rings. The van der Waals surface area contributed by atoms with Gasteiger partial charge in [-0.15, -0.1) is 0 Å². The van der Waals surface area contributed by atoms with E-state index in [4.69, 9.17) is 4.74 Å². The van der Waals surface area contributed by atoms with Crippen LogP contribution in [-0.4, -0.2) is 0 Å². The summed E-state index contributed by atoms with van der Waals surface area (Å²) in [6.07, 6.45) is -4.39. The number of halogens is 4. The molecule has 2 aromatic carbocycles. The van der Waals surface area contributed by atoms with E-state index < -0.39 is 17.6 Å². The number of benzene rings is 2. The van der Waals surface area contributed by atoms with Crippen molar-refractivity contribution in [3.8, 4) is 5.75 Å². The van der Waals surface area contributed by atoms with E-state index in [1.54, 1.807) is 6.07 Å². The standard InChI is InChI=1S/C14H10F4O/c15-12-6-1-2-7-13(12)19-9-10-4-3-5-11(8-10)14(16,17)18/h1-8H,9H2. The summed E-state index contributed by atoms with van der Waals surface area (Å²) in [7, 11) is 0. The maximum Gasteiger partial charge on any atom is 0.416 e. The Morgan fingerprint density at radius 2 is 1.68 bits per heavy atom. The van der Waals surface area contributed by atoms with Gasteiger partial charge in [0.25, 0.3) is 0 Å². The lowest BCUT2D eigenvalue weighted by atomic mass is 10.1. The molecule has 0 fully saturated rings. The molecule has 0 amide bonds. The highest BCUT2D eigenvalue weighted by atomic mass is 19.4. The summed E-state index contributed by atoms with van der Waals surface area (Å²) < 4.78 is 55.9. The van der Waals surface area contributed by atoms with Crippen LogP contribution < -0.4 is 4.74 Å². The monoisotopic (exact) mass is 270 g/mol. The van der Waals surface area contributed by atoms with Gasteiger partial charge in [-0.3, -0.25) is 0 Å². The van der Waals surface area contributed by atoms with Crippen LogP contribution in [0.4, 0.5) is 17.6 Å². The van der Waals surface area contributed by atoms with Gasteiger partial charge in [-0.25, -0.2) is 4.39 Å². The van der Waals surface area contributed by atoms with E-state index in [1.165, 1.54) is 30.3 Å². The molecule has 2 rings (SSSR count). The van der Waals surface area contributed by atoms with Crippen LogP contribution in [0.25, 0.3) is 0 Å². The Balaban J connectivity index is 2.10. The summed E-state index contributed by atoms with van der Waals surface area (Å²) >= 11 is 0. The number of rotatable bonds is 3. The molecule has 0 spiro atoms. The molecule has 0 saturated carbocycles. The van der Waals surface area contributed by atoms with E-state index in [-0.39, 0.29) is 12.4 Å². The summed E-state index contributed by atoms with van der Waals surface area (Å²) in [4.78, 5) is 0. The van der Waals surface area contributed by atoms with Crippen molar-refractivity contribution in [2.24, 2.45) is 0 Å². The maximum atomic E-state index is 13.3. The Morgan fingerprint density at radius 3 is 2.37 bits per heavy atom. The molecule has 0 aliphatic rings.